The summed E-state index contributed by atoms with van der Waals surface area (Å²) in [6, 6.07) is 4.16. The van der Waals surface area contributed by atoms with Gasteiger partial charge >= 0.3 is 0 Å². The van der Waals surface area contributed by atoms with E-state index in [1.54, 1.807) is 0 Å². The molecule has 0 bridgehead atoms. The van der Waals surface area contributed by atoms with Gasteiger partial charge in [0.05, 0.1) is 6.61 Å². The molecule has 3 aliphatic heterocycles. The number of hydrogen-bond acceptors (Lipinski definition) is 4. The van der Waals surface area contributed by atoms with Gasteiger partial charge in [-0.05, 0) is 43.4 Å². The maximum absolute atomic E-state index is 14.1. The smallest absolute Gasteiger partial charge is 0.129 e. The Balaban J connectivity index is 1.20. The van der Waals surface area contributed by atoms with Crippen molar-refractivity contribution in [3.05, 3.63) is 35.4 Å². The van der Waals surface area contributed by atoms with Gasteiger partial charge in [-0.25, -0.2) is 8.78 Å². The molecule has 1 aromatic carbocycles. The number of halogens is 2. The van der Waals surface area contributed by atoms with Gasteiger partial charge in [-0.2, -0.15) is 0 Å². The normalized spacial score (nSPS) is 38.2. The van der Waals surface area contributed by atoms with E-state index < -0.39 is 17.7 Å². The summed E-state index contributed by atoms with van der Waals surface area (Å²) in [6.07, 6.45) is 3.01. The zero-order chi connectivity index (χ0) is 17.8. The van der Waals surface area contributed by atoms with E-state index in [-0.39, 0.29) is 17.6 Å². The van der Waals surface area contributed by atoms with Gasteiger partial charge in [0.2, 0.25) is 0 Å². The molecule has 0 aromatic heterocycles. The molecule has 4 nitrogen and oxygen atoms in total. The molecule has 0 radical (unpaired) electrons. The minimum Gasteiger partial charge on any atom is -0.370 e. The van der Waals surface area contributed by atoms with Crippen molar-refractivity contribution in [2.75, 3.05) is 32.8 Å². The Morgan fingerprint density at radius 3 is 2.77 bits per heavy atom. The van der Waals surface area contributed by atoms with E-state index in [2.05, 4.69) is 9.80 Å². The number of ether oxygens (including phenoxy) is 1. The molecule has 1 saturated carbocycles. The van der Waals surface area contributed by atoms with E-state index in [0.717, 1.165) is 43.5 Å². The van der Waals surface area contributed by atoms with Crippen molar-refractivity contribution < 1.29 is 13.5 Å². The summed E-state index contributed by atoms with van der Waals surface area (Å²) in [5, 5.41) is 0. The van der Waals surface area contributed by atoms with Crippen molar-refractivity contribution in [2.45, 2.75) is 43.5 Å². The molecular weight excluding hydrogens is 336 g/mol. The minimum absolute atomic E-state index is 0.244. The molecule has 0 amide bonds. The molecule has 4 fully saturated rings. The number of benzene rings is 1. The van der Waals surface area contributed by atoms with Crippen LogP contribution < -0.4 is 5.73 Å². The lowest BCUT2D eigenvalue weighted by Gasteiger charge is -2.44. The highest BCUT2D eigenvalue weighted by Crippen LogP contribution is 2.40. The fraction of sp³-hybridized carbons (Fsp3) is 0.700. The average molecular weight is 363 g/mol. The summed E-state index contributed by atoms with van der Waals surface area (Å²) in [6.45, 7) is 5.25. The fourth-order valence-corrected chi connectivity index (χ4v) is 5.07. The van der Waals surface area contributed by atoms with Crippen molar-refractivity contribution in [1.82, 2.24) is 9.80 Å². The van der Waals surface area contributed by atoms with E-state index in [0.29, 0.717) is 12.6 Å². The highest BCUT2D eigenvalue weighted by atomic mass is 19.1. The molecule has 3 saturated heterocycles. The molecule has 5 rings (SSSR count). The Labute approximate surface area is 153 Å². The van der Waals surface area contributed by atoms with E-state index in [1.807, 2.05) is 0 Å². The number of fused-ring (bicyclic) bond motifs is 1. The van der Waals surface area contributed by atoms with Crippen LogP contribution in [0.15, 0.2) is 18.2 Å². The molecular formula is C20H27F2N3O. The lowest BCUT2D eigenvalue weighted by molar-refractivity contribution is -0.0476. The fourth-order valence-electron chi connectivity index (χ4n) is 5.07. The zero-order valence-electron chi connectivity index (χ0n) is 15.0. The third-order valence-corrected chi connectivity index (χ3v) is 6.74. The number of likely N-dealkylation sites (tertiary alicyclic amines) is 2. The predicted octanol–water partition coefficient (Wildman–Crippen LogP) is 2.15. The lowest BCUT2D eigenvalue weighted by Crippen LogP contribution is -2.56. The number of nitrogens with two attached hydrogens (primary N) is 1. The first-order valence-electron chi connectivity index (χ1n) is 9.88. The Morgan fingerprint density at radius 2 is 2.00 bits per heavy atom. The maximum atomic E-state index is 14.1. The van der Waals surface area contributed by atoms with E-state index in [4.69, 9.17) is 10.5 Å². The van der Waals surface area contributed by atoms with Gasteiger partial charge in [-0.3, -0.25) is 9.80 Å². The predicted molar refractivity (Wildman–Crippen MR) is 94.6 cm³/mol. The van der Waals surface area contributed by atoms with Crippen LogP contribution in [0.25, 0.3) is 0 Å². The quantitative estimate of drug-likeness (QED) is 0.890. The number of nitrogens with zero attached hydrogens (tertiary/aromatic N) is 2. The Kier molecular flexibility index (Phi) is 4.27. The van der Waals surface area contributed by atoms with Gasteiger partial charge in [0.1, 0.15) is 17.7 Å². The molecule has 1 aliphatic carbocycles. The summed E-state index contributed by atoms with van der Waals surface area (Å²) < 4.78 is 33.5. The lowest BCUT2D eigenvalue weighted by atomic mass is 9.92. The van der Waals surface area contributed by atoms with Crippen molar-refractivity contribution in [3.8, 4) is 0 Å². The third kappa shape index (κ3) is 3.07. The SMILES string of the molecule is N[C@H]1C[C@@H](N2CC3CN(CC4CC4)C3C2)CO[C@@H]1c1cc(F)ccc1F. The van der Waals surface area contributed by atoms with E-state index >= 15 is 0 Å². The van der Waals surface area contributed by atoms with Crippen LogP contribution in [0.4, 0.5) is 8.78 Å². The molecule has 5 atom stereocenters. The van der Waals surface area contributed by atoms with E-state index in [9.17, 15) is 8.78 Å². The van der Waals surface area contributed by atoms with Crippen LogP contribution in [0.3, 0.4) is 0 Å². The van der Waals surface area contributed by atoms with Crippen LogP contribution in [0.2, 0.25) is 0 Å². The standard InChI is InChI=1S/C20H27F2N3O/c21-14-3-4-17(22)16(5-14)20-18(23)6-15(11-26-20)24-8-13-9-25(19(13)10-24)7-12-1-2-12/h3-5,12-13,15,18-20H,1-2,6-11,23H2/t13?,15-,18+,19?,20-/m1/s1. The summed E-state index contributed by atoms with van der Waals surface area (Å²) >= 11 is 0. The topological polar surface area (TPSA) is 41.7 Å². The van der Waals surface area contributed by atoms with Crippen LogP contribution in [0.1, 0.15) is 30.9 Å². The number of rotatable bonds is 4. The average Bonchev–Trinajstić information content (AvgIpc) is 3.37. The van der Waals surface area contributed by atoms with Crippen LogP contribution in [-0.4, -0.2) is 60.7 Å². The van der Waals surface area contributed by atoms with Crippen LogP contribution in [0.5, 0.6) is 0 Å². The molecule has 1 aromatic rings. The van der Waals surface area contributed by atoms with Crippen molar-refractivity contribution in [2.24, 2.45) is 17.6 Å². The van der Waals surface area contributed by atoms with Gasteiger partial charge in [-0.1, -0.05) is 0 Å². The largest absolute Gasteiger partial charge is 0.370 e. The maximum Gasteiger partial charge on any atom is 0.129 e. The van der Waals surface area contributed by atoms with Gasteiger partial charge in [0.15, 0.2) is 0 Å². The van der Waals surface area contributed by atoms with Gasteiger partial charge < -0.3 is 10.5 Å². The second-order valence-electron chi connectivity index (χ2n) is 8.65. The highest BCUT2D eigenvalue weighted by Gasteiger charge is 2.49. The second kappa shape index (κ2) is 6.51. The van der Waals surface area contributed by atoms with Crippen LogP contribution in [-0.2, 0) is 4.74 Å². The molecule has 2 N–H and O–H groups in total. The summed E-state index contributed by atoms with van der Waals surface area (Å²) in [5.41, 5.74) is 6.57. The first-order valence-corrected chi connectivity index (χ1v) is 9.88. The van der Waals surface area contributed by atoms with Gasteiger partial charge in [0.25, 0.3) is 0 Å². The van der Waals surface area contributed by atoms with Crippen molar-refractivity contribution in [3.63, 3.8) is 0 Å². The second-order valence-corrected chi connectivity index (χ2v) is 8.65. The minimum atomic E-state index is -0.562. The van der Waals surface area contributed by atoms with Crippen LogP contribution in [0, 0.1) is 23.5 Å². The molecule has 2 unspecified atom stereocenters. The molecule has 26 heavy (non-hydrogen) atoms. The molecule has 6 heteroatoms. The molecule has 4 aliphatic rings. The molecule has 0 spiro atoms. The van der Waals surface area contributed by atoms with E-state index in [1.165, 1.54) is 32.0 Å². The third-order valence-electron chi connectivity index (χ3n) is 6.74. The first kappa shape index (κ1) is 17.0. The summed E-state index contributed by atoms with van der Waals surface area (Å²) in [5.74, 6) is 0.827. The van der Waals surface area contributed by atoms with Crippen LogP contribution >= 0.6 is 0 Å². The zero-order valence-corrected chi connectivity index (χ0v) is 15.0. The summed E-state index contributed by atoms with van der Waals surface area (Å²) in [4.78, 5) is 5.16. The highest BCUT2D eigenvalue weighted by molar-refractivity contribution is 5.23. The Hall–Kier alpha value is -1.08. The molecule has 142 valence electrons. The van der Waals surface area contributed by atoms with Crippen molar-refractivity contribution >= 4 is 0 Å². The first-order chi connectivity index (χ1) is 12.6. The Bertz CT molecular complexity index is 683. The van der Waals surface area contributed by atoms with Crippen molar-refractivity contribution in [1.29, 1.82) is 0 Å². The number of hydrogen-bond donors (Lipinski definition) is 1. The van der Waals surface area contributed by atoms with Gasteiger partial charge in [-0.15, -0.1) is 0 Å². The molecule has 3 heterocycles. The monoisotopic (exact) mass is 363 g/mol. The summed E-state index contributed by atoms with van der Waals surface area (Å²) in [7, 11) is 0. The Morgan fingerprint density at radius 1 is 1.15 bits per heavy atom. The van der Waals surface area contributed by atoms with Gasteiger partial charge in [0, 0.05) is 55.8 Å².